The van der Waals surface area contributed by atoms with E-state index in [0.29, 0.717) is 10.6 Å². The number of ether oxygens (including phenoxy) is 2. The molecule has 0 fully saturated rings. The maximum absolute atomic E-state index is 12.4. The first kappa shape index (κ1) is 25.5. The molecule has 0 saturated carbocycles. The molecule has 4 aromatic rings. The van der Waals surface area contributed by atoms with Crippen molar-refractivity contribution in [3.8, 4) is 22.1 Å². The molecule has 0 aliphatic rings. The molecule has 37 heavy (non-hydrogen) atoms. The molecule has 186 valence electrons. The number of methoxy groups -OCH3 is 1. The second-order valence-corrected chi connectivity index (χ2v) is 8.60. The number of nitrogens with zero attached hydrogens (tertiary/aromatic N) is 3. The third kappa shape index (κ3) is 6.54. The molecular weight excluding hydrogens is 518 g/mol. The number of anilines is 1. The van der Waals surface area contributed by atoms with Crippen molar-refractivity contribution in [1.29, 1.82) is 0 Å². The zero-order chi connectivity index (χ0) is 26.2. The van der Waals surface area contributed by atoms with Gasteiger partial charge in [0.1, 0.15) is 5.01 Å². The second-order valence-electron chi connectivity index (χ2n) is 7.21. The Morgan fingerprint density at radius 2 is 1.70 bits per heavy atom. The van der Waals surface area contributed by atoms with E-state index in [1.54, 1.807) is 30.3 Å². The lowest BCUT2D eigenvalue weighted by Crippen LogP contribution is -2.32. The van der Waals surface area contributed by atoms with Crippen LogP contribution in [0.25, 0.3) is 10.6 Å². The minimum atomic E-state index is -0.995. The number of esters is 1. The number of halogens is 1. The van der Waals surface area contributed by atoms with Gasteiger partial charge in [-0.25, -0.2) is 10.2 Å². The maximum Gasteiger partial charge on any atom is 0.345 e. The van der Waals surface area contributed by atoms with Crippen LogP contribution < -0.4 is 20.2 Å². The van der Waals surface area contributed by atoms with Crippen LogP contribution in [-0.4, -0.2) is 41.3 Å². The van der Waals surface area contributed by atoms with Crippen LogP contribution in [0.1, 0.15) is 15.9 Å². The smallest absolute Gasteiger partial charge is 0.345 e. The molecule has 10 nitrogen and oxygen atoms in total. The molecule has 0 unspecified atom stereocenters. The highest BCUT2D eigenvalue weighted by atomic mass is 35.5. The molecule has 3 aromatic carbocycles. The Kier molecular flexibility index (Phi) is 8.18. The molecular formula is C25H18ClN5O5S. The van der Waals surface area contributed by atoms with Crippen molar-refractivity contribution in [3.05, 3.63) is 88.9 Å². The number of benzene rings is 3. The highest BCUT2D eigenvalue weighted by molar-refractivity contribution is 7.18. The number of carbonyl (C=O) groups excluding carboxylic acids is 3. The molecule has 0 bridgehead atoms. The molecule has 12 heteroatoms. The number of hydrogen-bond acceptors (Lipinski definition) is 9. The van der Waals surface area contributed by atoms with E-state index in [2.05, 4.69) is 26.0 Å². The summed E-state index contributed by atoms with van der Waals surface area (Å²) < 4.78 is 10.7. The van der Waals surface area contributed by atoms with Gasteiger partial charge < -0.3 is 9.47 Å². The van der Waals surface area contributed by atoms with Gasteiger partial charge in [-0.1, -0.05) is 65.4 Å². The van der Waals surface area contributed by atoms with Gasteiger partial charge >= 0.3 is 17.8 Å². The highest BCUT2D eigenvalue weighted by Crippen LogP contribution is 2.29. The molecule has 0 spiro atoms. The van der Waals surface area contributed by atoms with Crippen LogP contribution in [0.5, 0.6) is 11.5 Å². The van der Waals surface area contributed by atoms with Crippen molar-refractivity contribution in [2.45, 2.75) is 0 Å². The Morgan fingerprint density at radius 1 is 0.946 bits per heavy atom. The van der Waals surface area contributed by atoms with Crippen LogP contribution in [0.3, 0.4) is 0 Å². The molecule has 1 heterocycles. The quantitative estimate of drug-likeness (QED) is 0.119. The zero-order valence-electron chi connectivity index (χ0n) is 19.2. The van der Waals surface area contributed by atoms with Crippen molar-refractivity contribution < 1.29 is 23.9 Å². The Labute approximate surface area is 219 Å². The molecule has 0 radical (unpaired) electrons. The van der Waals surface area contributed by atoms with Gasteiger partial charge in [0, 0.05) is 5.56 Å². The van der Waals surface area contributed by atoms with Crippen molar-refractivity contribution in [1.82, 2.24) is 15.6 Å². The van der Waals surface area contributed by atoms with Crippen LogP contribution in [0.2, 0.25) is 5.02 Å². The summed E-state index contributed by atoms with van der Waals surface area (Å²) in [5, 5.41) is 15.1. The fourth-order valence-corrected chi connectivity index (χ4v) is 3.93. The first-order valence-corrected chi connectivity index (χ1v) is 11.8. The number of aromatic nitrogens is 2. The van der Waals surface area contributed by atoms with Crippen molar-refractivity contribution in [2.24, 2.45) is 5.10 Å². The molecule has 0 atom stereocenters. The van der Waals surface area contributed by atoms with Crippen LogP contribution in [0, 0.1) is 0 Å². The lowest BCUT2D eigenvalue weighted by atomic mass is 10.2. The first-order valence-electron chi connectivity index (χ1n) is 10.6. The molecule has 0 saturated heterocycles. The summed E-state index contributed by atoms with van der Waals surface area (Å²) in [4.78, 5) is 36.7. The van der Waals surface area contributed by atoms with Crippen molar-refractivity contribution >= 4 is 52.1 Å². The number of nitrogens with one attached hydrogen (secondary N) is 2. The Morgan fingerprint density at radius 3 is 2.46 bits per heavy atom. The zero-order valence-corrected chi connectivity index (χ0v) is 20.7. The van der Waals surface area contributed by atoms with Gasteiger partial charge in [0.25, 0.3) is 0 Å². The topological polar surface area (TPSA) is 132 Å². The second kappa shape index (κ2) is 11.9. The van der Waals surface area contributed by atoms with Crippen LogP contribution in [0.4, 0.5) is 5.13 Å². The van der Waals surface area contributed by atoms with E-state index in [9.17, 15) is 14.4 Å². The van der Waals surface area contributed by atoms with Crippen LogP contribution in [0.15, 0.2) is 77.9 Å². The van der Waals surface area contributed by atoms with Gasteiger partial charge in [0.05, 0.1) is 23.9 Å². The largest absolute Gasteiger partial charge is 0.493 e. The van der Waals surface area contributed by atoms with Crippen molar-refractivity contribution in [3.63, 3.8) is 0 Å². The third-order valence-corrected chi connectivity index (χ3v) is 5.95. The predicted molar refractivity (Wildman–Crippen MR) is 139 cm³/mol. The molecule has 0 aliphatic heterocycles. The summed E-state index contributed by atoms with van der Waals surface area (Å²) in [7, 11) is 1.41. The van der Waals surface area contributed by atoms with E-state index in [-0.39, 0.29) is 27.2 Å². The molecule has 0 aliphatic carbocycles. The average molecular weight is 536 g/mol. The summed E-state index contributed by atoms with van der Waals surface area (Å²) in [6.45, 7) is 0. The molecule has 2 amide bonds. The fraction of sp³-hybridized carbons (Fsp3) is 0.0400. The van der Waals surface area contributed by atoms with Gasteiger partial charge in [0.2, 0.25) is 5.13 Å². The van der Waals surface area contributed by atoms with E-state index < -0.39 is 17.8 Å². The van der Waals surface area contributed by atoms with E-state index >= 15 is 0 Å². The van der Waals surface area contributed by atoms with E-state index in [1.165, 1.54) is 25.5 Å². The van der Waals surface area contributed by atoms with E-state index in [0.717, 1.165) is 16.9 Å². The summed E-state index contributed by atoms with van der Waals surface area (Å²) >= 11 is 7.17. The lowest BCUT2D eigenvalue weighted by molar-refractivity contribution is -0.136. The Balaban J connectivity index is 1.34. The normalized spacial score (nSPS) is 10.6. The summed E-state index contributed by atoms with van der Waals surface area (Å²) in [5.41, 5.74) is 3.70. The minimum Gasteiger partial charge on any atom is -0.493 e. The first-order chi connectivity index (χ1) is 17.9. The van der Waals surface area contributed by atoms with Crippen molar-refractivity contribution in [2.75, 3.05) is 12.4 Å². The summed E-state index contributed by atoms with van der Waals surface area (Å²) in [6.07, 6.45) is 1.30. The predicted octanol–water partition coefficient (Wildman–Crippen LogP) is 4.18. The maximum atomic E-state index is 12.4. The lowest BCUT2D eigenvalue weighted by Gasteiger charge is -2.10. The Hall–Kier alpha value is -4.61. The monoisotopic (exact) mass is 535 g/mol. The van der Waals surface area contributed by atoms with Gasteiger partial charge in [-0.05, 0) is 35.9 Å². The third-order valence-electron chi connectivity index (χ3n) is 4.74. The van der Waals surface area contributed by atoms with Gasteiger partial charge in [-0.2, -0.15) is 5.10 Å². The van der Waals surface area contributed by atoms with Crippen LogP contribution in [-0.2, 0) is 9.59 Å². The number of amides is 2. The van der Waals surface area contributed by atoms with E-state index in [1.807, 2.05) is 30.3 Å². The van der Waals surface area contributed by atoms with Gasteiger partial charge in [-0.15, -0.1) is 10.2 Å². The molecule has 2 N–H and O–H groups in total. The summed E-state index contributed by atoms with van der Waals surface area (Å²) in [6, 6.07) is 20.4. The summed E-state index contributed by atoms with van der Waals surface area (Å²) in [5.74, 6) is -2.17. The Bertz CT molecular complexity index is 1480. The molecule has 4 rings (SSSR count). The number of carbonyl (C=O) groups is 3. The number of rotatable bonds is 7. The standard InChI is InChI=1S/C25H18ClN5O5S/c1-35-20-13-15(11-12-19(20)36-24(34)17-9-5-6-10-18(17)26)14-27-29-22(33)21(32)28-25-31-30-23(37-25)16-7-3-2-4-8-16/h2-14H,1H3,(H,29,33)(H,28,31,32). The van der Waals surface area contributed by atoms with Gasteiger partial charge in [0.15, 0.2) is 11.5 Å². The van der Waals surface area contributed by atoms with Gasteiger partial charge in [-0.3, -0.25) is 14.9 Å². The minimum absolute atomic E-state index is 0.167. The number of hydrogen-bond donors (Lipinski definition) is 2. The average Bonchev–Trinajstić information content (AvgIpc) is 3.38. The van der Waals surface area contributed by atoms with Crippen LogP contribution >= 0.6 is 22.9 Å². The highest BCUT2D eigenvalue weighted by Gasteiger charge is 2.17. The van der Waals surface area contributed by atoms with E-state index in [4.69, 9.17) is 21.1 Å². The number of hydrazone groups is 1. The molecule has 1 aromatic heterocycles. The fourth-order valence-electron chi connectivity index (χ4n) is 2.97. The SMILES string of the molecule is COc1cc(C=NNC(=O)C(=O)Nc2nnc(-c3ccccc3)s2)ccc1OC(=O)c1ccccc1Cl.